The molecule has 3 rings (SSSR count). The third-order valence-corrected chi connectivity index (χ3v) is 5.73. The highest BCUT2D eigenvalue weighted by Gasteiger charge is 2.33. The fourth-order valence-corrected chi connectivity index (χ4v) is 4.72. The zero-order chi connectivity index (χ0) is 14.2. The molecule has 2 unspecified atom stereocenters. The normalized spacial score (nSPS) is 23.1. The number of nitrogens with one attached hydrogen (secondary N) is 1. The van der Waals surface area contributed by atoms with Crippen molar-refractivity contribution in [1.29, 1.82) is 0 Å². The van der Waals surface area contributed by atoms with Crippen LogP contribution in [0.1, 0.15) is 12.3 Å². The molecule has 0 spiro atoms. The number of likely N-dealkylation sites (N-methyl/N-ethyl adjacent to an activating group) is 1. The molecule has 0 bridgehead atoms. The monoisotopic (exact) mass is 294 g/mol. The summed E-state index contributed by atoms with van der Waals surface area (Å²) < 4.78 is 28.9. The molecule has 0 aliphatic carbocycles. The summed E-state index contributed by atoms with van der Waals surface area (Å²) in [6, 6.07) is 7.72. The summed E-state index contributed by atoms with van der Waals surface area (Å²) in [5, 5.41) is 3.21. The zero-order valence-corrected chi connectivity index (χ0v) is 12.2. The van der Waals surface area contributed by atoms with E-state index in [4.69, 9.17) is 4.42 Å². The van der Waals surface area contributed by atoms with Crippen LogP contribution in [0.4, 0.5) is 0 Å². The van der Waals surface area contributed by atoms with Crippen LogP contribution in [0.2, 0.25) is 0 Å². The van der Waals surface area contributed by atoms with Gasteiger partial charge in [0.25, 0.3) is 0 Å². The first-order chi connectivity index (χ1) is 9.57. The Morgan fingerprint density at radius 2 is 2.25 bits per heavy atom. The lowest BCUT2D eigenvalue weighted by molar-refractivity contribution is 0.372. The molecule has 1 aliphatic rings. The molecule has 0 saturated carbocycles. The Labute approximate surface area is 118 Å². The summed E-state index contributed by atoms with van der Waals surface area (Å²) in [7, 11) is -0.999. The van der Waals surface area contributed by atoms with Gasteiger partial charge in [-0.05, 0) is 31.5 Å². The second-order valence-corrected chi connectivity index (χ2v) is 7.57. The number of oxazole rings is 1. The van der Waals surface area contributed by atoms with Crippen LogP contribution in [0.3, 0.4) is 0 Å². The predicted molar refractivity (Wildman–Crippen MR) is 77.3 cm³/mol. The maximum atomic E-state index is 11.6. The highest BCUT2D eigenvalue weighted by molar-refractivity contribution is 7.91. The van der Waals surface area contributed by atoms with Crippen LogP contribution in [0.25, 0.3) is 11.1 Å². The highest BCUT2D eigenvalue weighted by Crippen LogP contribution is 2.24. The Morgan fingerprint density at radius 3 is 2.90 bits per heavy atom. The van der Waals surface area contributed by atoms with Gasteiger partial charge in [0.2, 0.25) is 0 Å². The number of benzene rings is 1. The van der Waals surface area contributed by atoms with Crippen molar-refractivity contribution < 1.29 is 12.8 Å². The van der Waals surface area contributed by atoms with Crippen LogP contribution in [-0.2, 0) is 16.3 Å². The van der Waals surface area contributed by atoms with Crippen LogP contribution >= 0.6 is 0 Å². The number of fused-ring (bicyclic) bond motifs is 1. The molecule has 20 heavy (non-hydrogen) atoms. The van der Waals surface area contributed by atoms with Crippen molar-refractivity contribution in [2.45, 2.75) is 18.9 Å². The van der Waals surface area contributed by atoms with Gasteiger partial charge < -0.3 is 9.73 Å². The second-order valence-electron chi connectivity index (χ2n) is 5.34. The SMILES string of the molecule is CNC(Cc1nc2ccccc2o1)C1CCS(=O)(=O)C1. The average Bonchev–Trinajstić information content (AvgIpc) is 2.98. The van der Waals surface area contributed by atoms with E-state index in [1.165, 1.54) is 0 Å². The summed E-state index contributed by atoms with van der Waals surface area (Å²) in [5.41, 5.74) is 1.62. The van der Waals surface area contributed by atoms with Crippen molar-refractivity contribution >= 4 is 20.9 Å². The Kier molecular flexibility index (Phi) is 3.52. The molecule has 0 radical (unpaired) electrons. The van der Waals surface area contributed by atoms with Crippen molar-refractivity contribution in [3.05, 3.63) is 30.2 Å². The van der Waals surface area contributed by atoms with Crippen molar-refractivity contribution in [3.8, 4) is 0 Å². The third-order valence-electron chi connectivity index (χ3n) is 3.94. The van der Waals surface area contributed by atoms with Gasteiger partial charge >= 0.3 is 0 Å². The Morgan fingerprint density at radius 1 is 1.45 bits per heavy atom. The quantitative estimate of drug-likeness (QED) is 0.922. The molecule has 1 saturated heterocycles. The summed E-state index contributed by atoms with van der Waals surface area (Å²) >= 11 is 0. The van der Waals surface area contributed by atoms with Crippen LogP contribution in [0.15, 0.2) is 28.7 Å². The number of sulfone groups is 1. The Balaban J connectivity index is 1.77. The van der Waals surface area contributed by atoms with Crippen LogP contribution in [-0.4, -0.2) is 38.0 Å². The molecule has 1 N–H and O–H groups in total. The van der Waals surface area contributed by atoms with Crippen LogP contribution in [0, 0.1) is 5.92 Å². The van der Waals surface area contributed by atoms with Gasteiger partial charge in [-0.2, -0.15) is 0 Å². The summed E-state index contributed by atoms with van der Waals surface area (Å²) in [5.74, 6) is 1.36. The maximum Gasteiger partial charge on any atom is 0.197 e. The molecular weight excluding hydrogens is 276 g/mol. The van der Waals surface area contributed by atoms with E-state index in [1.807, 2.05) is 31.3 Å². The van der Waals surface area contributed by atoms with Gasteiger partial charge in [-0.1, -0.05) is 12.1 Å². The molecule has 2 heterocycles. The topological polar surface area (TPSA) is 72.2 Å². The summed E-state index contributed by atoms with van der Waals surface area (Å²) in [6.45, 7) is 0. The van der Waals surface area contributed by atoms with E-state index in [1.54, 1.807) is 0 Å². The zero-order valence-electron chi connectivity index (χ0n) is 11.4. The first kappa shape index (κ1) is 13.6. The Hall–Kier alpha value is -1.40. The van der Waals surface area contributed by atoms with Crippen molar-refractivity contribution in [1.82, 2.24) is 10.3 Å². The first-order valence-electron chi connectivity index (χ1n) is 6.79. The van der Waals surface area contributed by atoms with Crippen molar-refractivity contribution in [3.63, 3.8) is 0 Å². The molecular formula is C14H18N2O3S. The minimum absolute atomic E-state index is 0.0836. The predicted octanol–water partition coefficient (Wildman–Crippen LogP) is 1.39. The van der Waals surface area contributed by atoms with E-state index >= 15 is 0 Å². The molecule has 5 nitrogen and oxygen atoms in total. The molecule has 108 valence electrons. The van der Waals surface area contributed by atoms with Gasteiger partial charge in [0, 0.05) is 12.5 Å². The molecule has 2 aromatic rings. The molecule has 1 aromatic heterocycles. The van der Waals surface area contributed by atoms with E-state index in [-0.39, 0.29) is 17.7 Å². The van der Waals surface area contributed by atoms with E-state index in [2.05, 4.69) is 10.3 Å². The molecule has 1 fully saturated rings. The smallest absolute Gasteiger partial charge is 0.197 e. The van der Waals surface area contributed by atoms with E-state index in [0.717, 1.165) is 11.1 Å². The minimum atomic E-state index is -2.86. The number of hydrogen-bond donors (Lipinski definition) is 1. The maximum absolute atomic E-state index is 11.6. The largest absolute Gasteiger partial charge is 0.441 e. The molecule has 0 amide bonds. The summed E-state index contributed by atoms with van der Waals surface area (Å²) in [4.78, 5) is 4.45. The second kappa shape index (κ2) is 5.18. The first-order valence-corrected chi connectivity index (χ1v) is 8.62. The molecule has 6 heteroatoms. The lowest BCUT2D eigenvalue weighted by Gasteiger charge is -2.20. The summed E-state index contributed by atoms with van der Waals surface area (Å²) in [6.07, 6.45) is 1.33. The molecule has 2 atom stereocenters. The van der Waals surface area contributed by atoms with E-state index in [0.29, 0.717) is 24.5 Å². The number of aromatic nitrogens is 1. The van der Waals surface area contributed by atoms with E-state index in [9.17, 15) is 8.42 Å². The molecule has 1 aromatic carbocycles. The van der Waals surface area contributed by atoms with Crippen LogP contribution < -0.4 is 5.32 Å². The minimum Gasteiger partial charge on any atom is -0.441 e. The van der Waals surface area contributed by atoms with Crippen LogP contribution in [0.5, 0.6) is 0 Å². The number of hydrogen-bond acceptors (Lipinski definition) is 5. The molecule has 1 aliphatic heterocycles. The lowest BCUT2D eigenvalue weighted by Crippen LogP contribution is -2.36. The number of nitrogens with zero attached hydrogens (tertiary/aromatic N) is 1. The Bertz CT molecular complexity index is 675. The van der Waals surface area contributed by atoms with Gasteiger partial charge in [-0.25, -0.2) is 13.4 Å². The third kappa shape index (κ3) is 2.71. The number of para-hydroxylation sites is 2. The van der Waals surface area contributed by atoms with Gasteiger partial charge in [0.15, 0.2) is 21.3 Å². The van der Waals surface area contributed by atoms with E-state index < -0.39 is 9.84 Å². The van der Waals surface area contributed by atoms with Crippen molar-refractivity contribution in [2.24, 2.45) is 5.92 Å². The fraction of sp³-hybridized carbons (Fsp3) is 0.500. The average molecular weight is 294 g/mol. The van der Waals surface area contributed by atoms with Gasteiger partial charge in [0.1, 0.15) is 5.52 Å². The van der Waals surface area contributed by atoms with Crippen molar-refractivity contribution in [2.75, 3.05) is 18.6 Å². The fourth-order valence-electron chi connectivity index (χ4n) is 2.84. The lowest BCUT2D eigenvalue weighted by atomic mass is 9.96. The standard InChI is InChI=1S/C14H18N2O3S/c1-15-12(10-6-7-20(17,18)9-10)8-14-16-11-4-2-3-5-13(11)19-14/h2-5,10,12,15H,6-9H2,1H3. The van der Waals surface area contributed by atoms with Gasteiger partial charge in [0.05, 0.1) is 11.5 Å². The highest BCUT2D eigenvalue weighted by atomic mass is 32.2. The number of rotatable bonds is 4. The van der Waals surface area contributed by atoms with Gasteiger partial charge in [-0.3, -0.25) is 0 Å². The van der Waals surface area contributed by atoms with Gasteiger partial charge in [-0.15, -0.1) is 0 Å².